The molecule has 7 nitrogen and oxygen atoms in total. The number of hydrogen-bond acceptors (Lipinski definition) is 5. The van der Waals surface area contributed by atoms with Crippen molar-refractivity contribution in [2.75, 3.05) is 13.7 Å². The molecule has 0 bridgehead atoms. The van der Waals surface area contributed by atoms with E-state index >= 15 is 0 Å². The molecule has 7 heteroatoms. The lowest BCUT2D eigenvalue weighted by Crippen LogP contribution is -2.33. The van der Waals surface area contributed by atoms with Crippen LogP contribution in [0.1, 0.15) is 47.3 Å². The van der Waals surface area contributed by atoms with E-state index in [0.717, 1.165) is 11.1 Å². The first-order chi connectivity index (χ1) is 13.8. The van der Waals surface area contributed by atoms with Gasteiger partial charge in [0.15, 0.2) is 6.61 Å². The van der Waals surface area contributed by atoms with Crippen LogP contribution in [0.25, 0.3) is 0 Å². The van der Waals surface area contributed by atoms with Crippen molar-refractivity contribution in [3.8, 4) is 6.07 Å². The number of nitrogens with one attached hydrogen (secondary N) is 1. The van der Waals surface area contributed by atoms with Gasteiger partial charge in [0.2, 0.25) is 0 Å². The number of aryl methyl sites for hydroxylation is 1. The number of aromatic nitrogens is 1. The number of ether oxygens (including phenoxy) is 1. The van der Waals surface area contributed by atoms with Crippen molar-refractivity contribution in [2.24, 2.45) is 0 Å². The second kappa shape index (κ2) is 9.69. The van der Waals surface area contributed by atoms with Gasteiger partial charge in [-0.2, -0.15) is 5.26 Å². The average molecular weight is 395 g/mol. The van der Waals surface area contributed by atoms with E-state index in [1.165, 1.54) is 4.90 Å². The predicted octanol–water partition coefficient (Wildman–Crippen LogP) is 2.56. The normalized spacial score (nSPS) is 11.4. The summed E-state index contributed by atoms with van der Waals surface area (Å²) < 4.78 is 5.13. The van der Waals surface area contributed by atoms with Gasteiger partial charge in [-0.1, -0.05) is 30.3 Å². The maximum absolute atomic E-state index is 12.3. The van der Waals surface area contributed by atoms with Crippen LogP contribution in [-0.4, -0.2) is 35.4 Å². The average Bonchev–Trinajstić information content (AvgIpc) is 2.71. The number of rotatable bonds is 7. The fourth-order valence-corrected chi connectivity index (χ4v) is 3.13. The summed E-state index contributed by atoms with van der Waals surface area (Å²) in [4.78, 5) is 40.4. The van der Waals surface area contributed by atoms with Crippen molar-refractivity contribution >= 4 is 11.9 Å². The predicted molar refractivity (Wildman–Crippen MR) is 108 cm³/mol. The summed E-state index contributed by atoms with van der Waals surface area (Å²) >= 11 is 0. The number of H-pyrrole nitrogens is 1. The van der Waals surface area contributed by atoms with Gasteiger partial charge in [0.1, 0.15) is 11.6 Å². The molecule has 0 aliphatic carbocycles. The molecule has 152 valence electrons. The van der Waals surface area contributed by atoms with Gasteiger partial charge in [-0.3, -0.25) is 14.4 Å². The molecule has 0 spiro atoms. The molecule has 1 heterocycles. The van der Waals surface area contributed by atoms with Crippen LogP contribution in [0.15, 0.2) is 35.1 Å². The number of benzene rings is 1. The number of esters is 1. The maximum Gasteiger partial charge on any atom is 0.306 e. The van der Waals surface area contributed by atoms with Crippen LogP contribution in [0, 0.1) is 25.2 Å². The molecule has 29 heavy (non-hydrogen) atoms. The van der Waals surface area contributed by atoms with E-state index < -0.39 is 11.5 Å². The Balaban J connectivity index is 1.91. The van der Waals surface area contributed by atoms with Gasteiger partial charge >= 0.3 is 5.97 Å². The minimum atomic E-state index is -0.511. The molecule has 0 saturated heterocycles. The van der Waals surface area contributed by atoms with Crippen LogP contribution in [-0.2, 0) is 20.7 Å². The second-order valence-electron chi connectivity index (χ2n) is 6.92. The number of amides is 1. The van der Waals surface area contributed by atoms with Crippen molar-refractivity contribution in [2.45, 2.75) is 39.7 Å². The van der Waals surface area contributed by atoms with Gasteiger partial charge in [-0.15, -0.1) is 0 Å². The fourth-order valence-electron chi connectivity index (χ4n) is 3.13. The molecule has 0 saturated carbocycles. The van der Waals surface area contributed by atoms with Crippen molar-refractivity contribution in [1.82, 2.24) is 9.88 Å². The van der Waals surface area contributed by atoms with E-state index in [0.29, 0.717) is 17.7 Å². The zero-order valence-corrected chi connectivity index (χ0v) is 17.1. The fraction of sp³-hybridized carbons (Fsp3) is 0.364. The Morgan fingerprint density at radius 2 is 1.90 bits per heavy atom. The first-order valence-electron chi connectivity index (χ1n) is 9.35. The lowest BCUT2D eigenvalue weighted by molar-refractivity contribution is -0.152. The largest absolute Gasteiger partial charge is 0.456 e. The third kappa shape index (κ3) is 5.32. The molecular formula is C22H25N3O4. The molecule has 0 aliphatic rings. The van der Waals surface area contributed by atoms with E-state index in [9.17, 15) is 14.4 Å². The second-order valence-corrected chi connectivity index (χ2v) is 6.92. The number of nitriles is 1. The third-order valence-electron chi connectivity index (χ3n) is 5.11. The van der Waals surface area contributed by atoms with Crippen LogP contribution in [0.5, 0.6) is 0 Å². The first-order valence-corrected chi connectivity index (χ1v) is 9.35. The summed E-state index contributed by atoms with van der Waals surface area (Å²) in [5, 5.41) is 9.11. The standard InChI is InChI=1S/C22H25N3O4/c1-14-18(15(2)24-22(28)19(14)12-23)10-11-21(27)29-13-20(26)25(4)16(3)17-8-6-5-7-9-17/h5-9,16H,10-11,13H2,1-4H3,(H,24,28)/t16-/m1/s1. The van der Waals surface area contributed by atoms with Crippen molar-refractivity contribution in [3.63, 3.8) is 0 Å². The zero-order chi connectivity index (χ0) is 21.6. The highest BCUT2D eigenvalue weighted by atomic mass is 16.5. The minimum Gasteiger partial charge on any atom is -0.456 e. The summed E-state index contributed by atoms with van der Waals surface area (Å²) in [7, 11) is 1.67. The Hall–Kier alpha value is -3.40. The lowest BCUT2D eigenvalue weighted by Gasteiger charge is -2.25. The zero-order valence-electron chi connectivity index (χ0n) is 17.1. The highest BCUT2D eigenvalue weighted by Crippen LogP contribution is 2.18. The Morgan fingerprint density at radius 1 is 1.24 bits per heavy atom. The molecule has 1 amide bonds. The quantitative estimate of drug-likeness (QED) is 0.726. The van der Waals surface area contributed by atoms with Gasteiger partial charge in [-0.05, 0) is 43.9 Å². The van der Waals surface area contributed by atoms with E-state index in [1.54, 1.807) is 20.9 Å². The maximum atomic E-state index is 12.3. The van der Waals surface area contributed by atoms with Gasteiger partial charge in [-0.25, -0.2) is 0 Å². The molecule has 1 aromatic heterocycles. The number of nitrogens with zero attached hydrogens (tertiary/aromatic N) is 2. The molecule has 2 rings (SSSR count). The smallest absolute Gasteiger partial charge is 0.306 e. The number of aromatic amines is 1. The molecule has 0 fully saturated rings. The Kier molecular flexibility index (Phi) is 7.32. The van der Waals surface area contributed by atoms with Gasteiger partial charge < -0.3 is 14.6 Å². The van der Waals surface area contributed by atoms with Crippen LogP contribution >= 0.6 is 0 Å². The molecule has 1 aromatic carbocycles. The summed E-state index contributed by atoms with van der Waals surface area (Å²) in [6.07, 6.45) is 0.357. The topological polar surface area (TPSA) is 103 Å². The van der Waals surface area contributed by atoms with Gasteiger partial charge in [0.25, 0.3) is 11.5 Å². The Labute approximate surface area is 169 Å². The number of carbonyl (C=O) groups excluding carboxylic acids is 2. The van der Waals surface area contributed by atoms with Crippen LogP contribution < -0.4 is 5.56 Å². The van der Waals surface area contributed by atoms with Gasteiger partial charge in [0.05, 0.1) is 6.04 Å². The number of pyridine rings is 1. The Bertz CT molecular complexity index is 990. The molecule has 0 radical (unpaired) electrons. The summed E-state index contributed by atoms with van der Waals surface area (Å²) in [5.41, 5.74) is 2.52. The minimum absolute atomic E-state index is 0.0455. The third-order valence-corrected chi connectivity index (χ3v) is 5.11. The van der Waals surface area contributed by atoms with Crippen LogP contribution in [0.2, 0.25) is 0 Å². The highest BCUT2D eigenvalue weighted by molar-refractivity contribution is 5.80. The summed E-state index contributed by atoms with van der Waals surface area (Å²) in [6, 6.07) is 11.3. The van der Waals surface area contributed by atoms with Crippen molar-refractivity contribution < 1.29 is 14.3 Å². The molecular weight excluding hydrogens is 370 g/mol. The van der Waals surface area contributed by atoms with E-state index in [-0.39, 0.29) is 30.5 Å². The number of likely N-dealkylation sites (N-methyl/N-ethyl adjacent to an activating group) is 1. The van der Waals surface area contributed by atoms with E-state index in [1.807, 2.05) is 43.3 Å². The SMILES string of the molecule is Cc1[nH]c(=O)c(C#N)c(C)c1CCC(=O)OCC(=O)N(C)[C@H](C)c1ccccc1. The van der Waals surface area contributed by atoms with Crippen molar-refractivity contribution in [3.05, 3.63) is 68.6 Å². The first kappa shape index (κ1) is 21.9. The van der Waals surface area contributed by atoms with Crippen LogP contribution in [0.3, 0.4) is 0 Å². The number of carbonyl (C=O) groups is 2. The number of hydrogen-bond donors (Lipinski definition) is 1. The van der Waals surface area contributed by atoms with E-state index in [2.05, 4.69) is 4.98 Å². The molecule has 0 unspecified atom stereocenters. The molecule has 1 N–H and O–H groups in total. The summed E-state index contributed by atoms with van der Waals surface area (Å²) in [6.45, 7) is 4.98. The Morgan fingerprint density at radius 3 is 2.52 bits per heavy atom. The van der Waals surface area contributed by atoms with Crippen molar-refractivity contribution in [1.29, 1.82) is 5.26 Å². The monoisotopic (exact) mass is 395 g/mol. The molecule has 2 aromatic rings. The molecule has 1 atom stereocenters. The van der Waals surface area contributed by atoms with Gasteiger partial charge in [0, 0.05) is 19.2 Å². The lowest BCUT2D eigenvalue weighted by atomic mass is 9.99. The molecule has 0 aliphatic heterocycles. The van der Waals surface area contributed by atoms with E-state index in [4.69, 9.17) is 10.00 Å². The summed E-state index contributed by atoms with van der Waals surface area (Å²) in [5.74, 6) is -0.805. The highest BCUT2D eigenvalue weighted by Gasteiger charge is 2.19. The van der Waals surface area contributed by atoms with Crippen LogP contribution in [0.4, 0.5) is 0 Å².